The summed E-state index contributed by atoms with van der Waals surface area (Å²) >= 11 is 0. The van der Waals surface area contributed by atoms with Gasteiger partial charge in [-0.1, -0.05) is 7.43 Å². The van der Waals surface area contributed by atoms with Crippen molar-refractivity contribution in [2.45, 2.75) is 20.5 Å². The first kappa shape index (κ1) is 21.2. The largest absolute Gasteiger partial charge is 0.460 e. The Morgan fingerprint density at radius 1 is 1.21 bits per heavy atom. The van der Waals surface area contributed by atoms with Gasteiger partial charge in [-0.15, -0.1) is 0 Å². The fourth-order valence-electron chi connectivity index (χ4n) is 2.67. The summed E-state index contributed by atoms with van der Waals surface area (Å²) in [6.45, 7) is 2.63. The second-order valence-electron chi connectivity index (χ2n) is 6.08. The lowest BCUT2D eigenvalue weighted by molar-refractivity contribution is -0.143. The van der Waals surface area contributed by atoms with Crippen LogP contribution in [0.3, 0.4) is 0 Å². The number of nitrogens with one attached hydrogen (secondary N) is 1. The molecule has 1 saturated heterocycles. The lowest BCUT2D eigenvalue weighted by atomic mass is 10.1. The van der Waals surface area contributed by atoms with Crippen LogP contribution < -0.4 is 10.6 Å². The van der Waals surface area contributed by atoms with Crippen molar-refractivity contribution < 1.29 is 18.7 Å². The van der Waals surface area contributed by atoms with E-state index < -0.39 is 11.8 Å². The first-order valence-corrected chi connectivity index (χ1v) is 8.44. The summed E-state index contributed by atoms with van der Waals surface area (Å²) in [6.07, 6.45) is 2.98. The Morgan fingerprint density at radius 2 is 1.89 bits per heavy atom. The maximum absolute atomic E-state index is 14.0. The second-order valence-corrected chi connectivity index (χ2v) is 6.08. The minimum Gasteiger partial charge on any atom is -0.460 e. The van der Waals surface area contributed by atoms with E-state index in [1.54, 1.807) is 18.5 Å². The molecule has 0 radical (unpaired) electrons. The van der Waals surface area contributed by atoms with Crippen LogP contribution in [0.2, 0.25) is 0 Å². The molecule has 0 amide bonds. The quantitative estimate of drug-likeness (QED) is 0.442. The van der Waals surface area contributed by atoms with E-state index >= 15 is 0 Å². The summed E-state index contributed by atoms with van der Waals surface area (Å²) in [7, 11) is 0. The Labute approximate surface area is 163 Å². The Kier molecular flexibility index (Phi) is 7.39. The molecule has 0 unspecified atom stereocenters. The van der Waals surface area contributed by atoms with Crippen molar-refractivity contribution in [2.24, 2.45) is 5.73 Å². The van der Waals surface area contributed by atoms with Gasteiger partial charge in [-0.3, -0.25) is 10.2 Å². The number of rotatable bonds is 6. The van der Waals surface area contributed by atoms with E-state index in [1.807, 2.05) is 4.90 Å². The molecule has 150 valence electrons. The molecule has 0 spiro atoms. The number of hydrogen-bond donors (Lipinski definition) is 2. The van der Waals surface area contributed by atoms with Crippen LogP contribution in [-0.2, 0) is 20.9 Å². The number of amidine groups is 1. The number of benzene rings is 1. The highest BCUT2D eigenvalue weighted by Crippen LogP contribution is 2.22. The van der Waals surface area contributed by atoms with Gasteiger partial charge in [-0.2, -0.15) is 0 Å². The van der Waals surface area contributed by atoms with Crippen molar-refractivity contribution in [2.75, 3.05) is 31.2 Å². The molecule has 3 N–H and O–H groups in total. The van der Waals surface area contributed by atoms with Crippen LogP contribution in [0.15, 0.2) is 30.6 Å². The van der Waals surface area contributed by atoms with Crippen molar-refractivity contribution in [3.8, 4) is 11.1 Å². The summed E-state index contributed by atoms with van der Waals surface area (Å²) < 4.78 is 24.3. The Balaban J connectivity index is 0.00000280. The molecule has 1 aromatic carbocycles. The molecule has 3 rings (SSSR count). The molecule has 1 fully saturated rings. The van der Waals surface area contributed by atoms with Crippen molar-refractivity contribution in [1.82, 2.24) is 9.97 Å². The fourth-order valence-corrected chi connectivity index (χ4v) is 2.67. The number of anilines is 1. The van der Waals surface area contributed by atoms with E-state index in [0.29, 0.717) is 35.9 Å². The molecule has 28 heavy (non-hydrogen) atoms. The number of carbonyl (C=O) groups is 1. The van der Waals surface area contributed by atoms with Crippen LogP contribution >= 0.6 is 0 Å². The molecule has 2 aromatic rings. The Hall–Kier alpha value is -3.07. The minimum atomic E-state index is -0.633. The molecule has 0 atom stereocenters. The maximum atomic E-state index is 14.0. The second kappa shape index (κ2) is 9.75. The molecule has 1 aliphatic heterocycles. The monoisotopic (exact) mass is 389 g/mol. The number of hydrogen-bond acceptors (Lipinski definition) is 7. The standard InChI is InChI=1S/C18H20FN5O3.CH4/c19-15-6-12(11-27-17(25)8-16(20)21)5-13(7-15)14-9-22-18(23-10-14)24-1-3-26-4-2-24;/h5-7,9-10H,1-4,8,11H2,(H3,20,21);1H4. The number of carbonyl (C=O) groups excluding carboxylic acids is 1. The maximum Gasteiger partial charge on any atom is 0.313 e. The lowest BCUT2D eigenvalue weighted by Gasteiger charge is -2.26. The van der Waals surface area contributed by atoms with Gasteiger partial charge in [0, 0.05) is 31.0 Å². The lowest BCUT2D eigenvalue weighted by Crippen LogP contribution is -2.37. The van der Waals surface area contributed by atoms with E-state index in [0.717, 1.165) is 13.1 Å². The zero-order valence-corrected chi connectivity index (χ0v) is 14.7. The summed E-state index contributed by atoms with van der Waals surface area (Å²) in [5.41, 5.74) is 6.88. The Bertz CT molecular complexity index is 823. The molecule has 0 aliphatic carbocycles. The van der Waals surface area contributed by atoms with E-state index in [-0.39, 0.29) is 26.3 Å². The van der Waals surface area contributed by atoms with Crippen LogP contribution in [0.5, 0.6) is 0 Å². The first-order chi connectivity index (χ1) is 13.0. The molecule has 9 heteroatoms. The van der Waals surface area contributed by atoms with Gasteiger partial charge >= 0.3 is 5.97 Å². The SMILES string of the molecule is C.N=C(N)CC(=O)OCc1cc(F)cc(-c2cnc(N3CCOCC3)nc2)c1. The van der Waals surface area contributed by atoms with Gasteiger partial charge in [0.25, 0.3) is 0 Å². The molecule has 8 nitrogen and oxygen atoms in total. The molecular formula is C19H24FN5O3. The zero-order chi connectivity index (χ0) is 19.2. The normalized spacial score (nSPS) is 13.5. The predicted octanol–water partition coefficient (Wildman–Crippen LogP) is 2.12. The van der Waals surface area contributed by atoms with Crippen LogP contribution in [0.4, 0.5) is 10.3 Å². The fraction of sp³-hybridized carbons (Fsp3) is 0.368. The zero-order valence-electron chi connectivity index (χ0n) is 14.7. The molecule has 1 aromatic heterocycles. The van der Waals surface area contributed by atoms with Crippen LogP contribution in [-0.4, -0.2) is 48.1 Å². The summed E-state index contributed by atoms with van der Waals surface area (Å²) in [5, 5.41) is 7.07. The van der Waals surface area contributed by atoms with Crippen molar-refractivity contribution in [3.05, 3.63) is 42.0 Å². The van der Waals surface area contributed by atoms with E-state index in [1.165, 1.54) is 12.1 Å². The van der Waals surface area contributed by atoms with Crippen molar-refractivity contribution in [3.63, 3.8) is 0 Å². The molecule has 0 saturated carbocycles. The van der Waals surface area contributed by atoms with Crippen molar-refractivity contribution in [1.29, 1.82) is 5.41 Å². The molecular weight excluding hydrogens is 365 g/mol. The highest BCUT2D eigenvalue weighted by Gasteiger charge is 2.14. The van der Waals surface area contributed by atoms with Crippen LogP contribution in [0, 0.1) is 11.2 Å². The van der Waals surface area contributed by atoms with E-state index in [4.69, 9.17) is 20.6 Å². The number of nitrogens with zero attached hydrogens (tertiary/aromatic N) is 3. The number of aromatic nitrogens is 2. The van der Waals surface area contributed by atoms with Gasteiger partial charge in [0.15, 0.2) is 0 Å². The third kappa shape index (κ3) is 5.71. The highest BCUT2D eigenvalue weighted by atomic mass is 19.1. The van der Waals surface area contributed by atoms with Gasteiger partial charge in [0.2, 0.25) is 5.95 Å². The number of nitrogens with two attached hydrogens (primary N) is 1. The summed E-state index contributed by atoms with van der Waals surface area (Å²) in [5.74, 6) is -0.761. The minimum absolute atomic E-state index is 0. The average Bonchev–Trinajstić information content (AvgIpc) is 2.66. The topological polar surface area (TPSA) is 114 Å². The summed E-state index contributed by atoms with van der Waals surface area (Å²) in [6, 6.07) is 4.36. The average molecular weight is 389 g/mol. The predicted molar refractivity (Wildman–Crippen MR) is 104 cm³/mol. The van der Waals surface area contributed by atoms with Gasteiger partial charge in [0.1, 0.15) is 24.7 Å². The molecule has 1 aliphatic rings. The highest BCUT2D eigenvalue weighted by molar-refractivity contribution is 5.94. The van der Waals surface area contributed by atoms with Crippen LogP contribution in [0.1, 0.15) is 19.4 Å². The third-order valence-electron chi connectivity index (χ3n) is 3.96. The van der Waals surface area contributed by atoms with Gasteiger partial charge in [-0.25, -0.2) is 14.4 Å². The Morgan fingerprint density at radius 3 is 2.54 bits per heavy atom. The van der Waals surface area contributed by atoms with E-state index in [9.17, 15) is 9.18 Å². The molecule has 0 bridgehead atoms. The van der Waals surface area contributed by atoms with Crippen LogP contribution in [0.25, 0.3) is 11.1 Å². The molecule has 2 heterocycles. The number of esters is 1. The van der Waals surface area contributed by atoms with Gasteiger partial charge in [-0.05, 0) is 29.3 Å². The summed E-state index contributed by atoms with van der Waals surface area (Å²) in [4.78, 5) is 22.2. The van der Waals surface area contributed by atoms with Gasteiger partial charge in [0.05, 0.1) is 13.2 Å². The smallest absolute Gasteiger partial charge is 0.313 e. The van der Waals surface area contributed by atoms with Crippen molar-refractivity contribution >= 4 is 17.8 Å². The number of halogens is 1. The van der Waals surface area contributed by atoms with Gasteiger partial charge < -0.3 is 20.1 Å². The number of morpholine rings is 1. The number of ether oxygens (including phenoxy) is 2. The first-order valence-electron chi connectivity index (χ1n) is 8.44. The van der Waals surface area contributed by atoms with E-state index in [2.05, 4.69) is 9.97 Å². The third-order valence-corrected chi connectivity index (χ3v) is 3.96.